The van der Waals surface area contributed by atoms with Crippen LogP contribution in [0.5, 0.6) is 0 Å². The van der Waals surface area contributed by atoms with E-state index in [1.807, 2.05) is 57.2 Å². The van der Waals surface area contributed by atoms with E-state index < -0.39 is 5.63 Å². The molecule has 1 amide bonds. The van der Waals surface area contributed by atoms with Crippen LogP contribution < -0.4 is 10.9 Å². The van der Waals surface area contributed by atoms with E-state index in [2.05, 4.69) is 10.3 Å². The third-order valence-corrected chi connectivity index (χ3v) is 5.79. The van der Waals surface area contributed by atoms with Gasteiger partial charge in [0.2, 0.25) is 5.91 Å². The third-order valence-electron chi connectivity index (χ3n) is 5.79. The molecule has 0 spiro atoms. The lowest BCUT2D eigenvalue weighted by Crippen LogP contribution is -2.21. The van der Waals surface area contributed by atoms with Crippen LogP contribution in [0, 0.1) is 20.8 Å². The van der Waals surface area contributed by atoms with Crippen molar-refractivity contribution in [3.8, 4) is 0 Å². The van der Waals surface area contributed by atoms with Gasteiger partial charge in [0.15, 0.2) is 0 Å². The predicted molar refractivity (Wildman–Crippen MR) is 121 cm³/mol. The molecule has 3 heterocycles. The lowest BCUT2D eigenvalue weighted by atomic mass is 9.99. The second kappa shape index (κ2) is 7.09. The number of pyridine rings is 1. The first kappa shape index (κ1) is 19.1. The summed E-state index contributed by atoms with van der Waals surface area (Å²) in [5.41, 5.74) is 5.02. The molecule has 2 aromatic carbocycles. The molecular formula is C25H20N2O4. The number of fused-ring (bicyclic) bond motifs is 3. The maximum atomic E-state index is 12.8. The SMILES string of the molecule is Cc1coc2c(C)c3oc(=O)c(CC(=O)Nc4cccc5ncccc45)c(C)c3cc12. The van der Waals surface area contributed by atoms with Crippen LogP contribution in [-0.4, -0.2) is 10.9 Å². The molecule has 6 heteroatoms. The van der Waals surface area contributed by atoms with E-state index in [-0.39, 0.29) is 12.3 Å². The summed E-state index contributed by atoms with van der Waals surface area (Å²) in [6, 6.07) is 11.2. The number of benzene rings is 2. The van der Waals surface area contributed by atoms with Gasteiger partial charge in [-0.2, -0.15) is 0 Å². The molecule has 0 aliphatic carbocycles. The van der Waals surface area contributed by atoms with Crippen LogP contribution in [0.15, 0.2) is 62.5 Å². The molecule has 0 atom stereocenters. The van der Waals surface area contributed by atoms with Crippen molar-refractivity contribution in [2.75, 3.05) is 5.32 Å². The lowest BCUT2D eigenvalue weighted by molar-refractivity contribution is -0.115. The largest absolute Gasteiger partial charge is 0.464 e. The predicted octanol–water partition coefficient (Wildman–Crippen LogP) is 5.19. The maximum absolute atomic E-state index is 12.8. The number of hydrogen-bond donors (Lipinski definition) is 1. The van der Waals surface area contributed by atoms with Gasteiger partial charge in [-0.3, -0.25) is 9.78 Å². The Hall–Kier alpha value is -3.93. The van der Waals surface area contributed by atoms with Crippen LogP contribution in [0.25, 0.3) is 32.8 Å². The number of furan rings is 1. The zero-order valence-electron chi connectivity index (χ0n) is 17.4. The van der Waals surface area contributed by atoms with E-state index in [9.17, 15) is 9.59 Å². The van der Waals surface area contributed by atoms with Gasteiger partial charge in [0.05, 0.1) is 29.5 Å². The average Bonchev–Trinajstić information content (AvgIpc) is 3.13. The highest BCUT2D eigenvalue weighted by Gasteiger charge is 2.19. The maximum Gasteiger partial charge on any atom is 0.340 e. The van der Waals surface area contributed by atoms with Gasteiger partial charge in [0.1, 0.15) is 11.2 Å². The summed E-state index contributed by atoms with van der Waals surface area (Å²) >= 11 is 0. The second-order valence-corrected chi connectivity index (χ2v) is 7.77. The van der Waals surface area contributed by atoms with Gasteiger partial charge in [-0.15, -0.1) is 0 Å². The van der Waals surface area contributed by atoms with Gasteiger partial charge in [-0.1, -0.05) is 6.07 Å². The standard InChI is InChI=1S/C25H20N2O4/c1-13-12-30-23-15(3)24-18(10-17(13)23)14(2)19(25(29)31-24)11-22(28)27-21-8-4-7-20-16(21)6-5-9-26-20/h4-10,12H,11H2,1-3H3,(H,27,28). The van der Waals surface area contributed by atoms with Crippen molar-refractivity contribution in [1.82, 2.24) is 4.98 Å². The van der Waals surface area contributed by atoms with Gasteiger partial charge >= 0.3 is 5.63 Å². The van der Waals surface area contributed by atoms with Crippen LogP contribution in [0.3, 0.4) is 0 Å². The minimum atomic E-state index is -0.509. The average molecular weight is 412 g/mol. The Kier molecular flexibility index (Phi) is 4.36. The summed E-state index contributed by atoms with van der Waals surface area (Å²) in [5.74, 6) is -0.289. The molecule has 0 unspecified atom stereocenters. The zero-order chi connectivity index (χ0) is 21.7. The van der Waals surface area contributed by atoms with Crippen molar-refractivity contribution in [3.63, 3.8) is 0 Å². The molecule has 0 saturated carbocycles. The van der Waals surface area contributed by atoms with E-state index in [1.165, 1.54) is 0 Å². The van der Waals surface area contributed by atoms with Crippen molar-refractivity contribution >= 4 is 44.4 Å². The molecule has 0 saturated heterocycles. The molecule has 6 nitrogen and oxygen atoms in total. The summed E-state index contributed by atoms with van der Waals surface area (Å²) in [4.78, 5) is 29.9. The highest BCUT2D eigenvalue weighted by atomic mass is 16.4. The minimum absolute atomic E-state index is 0.0811. The normalized spacial score (nSPS) is 11.5. The lowest BCUT2D eigenvalue weighted by Gasteiger charge is -2.11. The number of amides is 1. The number of aryl methyl sites for hydroxylation is 3. The van der Waals surface area contributed by atoms with Gasteiger partial charge in [0, 0.05) is 27.9 Å². The number of carbonyl (C=O) groups excluding carboxylic acids is 1. The minimum Gasteiger partial charge on any atom is -0.464 e. The van der Waals surface area contributed by atoms with Gasteiger partial charge in [0.25, 0.3) is 0 Å². The van der Waals surface area contributed by atoms with E-state index >= 15 is 0 Å². The van der Waals surface area contributed by atoms with Gasteiger partial charge in [-0.25, -0.2) is 4.79 Å². The van der Waals surface area contributed by atoms with E-state index in [1.54, 1.807) is 12.5 Å². The zero-order valence-corrected chi connectivity index (χ0v) is 17.4. The summed E-state index contributed by atoms with van der Waals surface area (Å²) in [5, 5.41) is 5.53. The smallest absolute Gasteiger partial charge is 0.340 e. The number of aromatic nitrogens is 1. The first-order valence-electron chi connectivity index (χ1n) is 10.0. The van der Waals surface area contributed by atoms with Crippen LogP contribution in [0.4, 0.5) is 5.69 Å². The monoisotopic (exact) mass is 412 g/mol. The molecule has 0 aliphatic rings. The molecule has 0 bridgehead atoms. The number of nitrogens with one attached hydrogen (secondary N) is 1. The summed E-state index contributed by atoms with van der Waals surface area (Å²) in [6.45, 7) is 5.69. The molecule has 1 N–H and O–H groups in total. The molecular weight excluding hydrogens is 392 g/mol. The first-order valence-corrected chi connectivity index (χ1v) is 10.0. The number of anilines is 1. The van der Waals surface area contributed by atoms with E-state index in [0.29, 0.717) is 22.4 Å². The molecule has 3 aromatic heterocycles. The summed E-state index contributed by atoms with van der Waals surface area (Å²) in [7, 11) is 0. The molecule has 31 heavy (non-hydrogen) atoms. The Morgan fingerprint density at radius 2 is 1.84 bits per heavy atom. The Morgan fingerprint density at radius 1 is 1.00 bits per heavy atom. The number of carbonyl (C=O) groups is 1. The quantitative estimate of drug-likeness (QED) is 0.412. The van der Waals surface area contributed by atoms with Crippen molar-refractivity contribution in [3.05, 3.63) is 81.5 Å². The summed E-state index contributed by atoms with van der Waals surface area (Å²) < 4.78 is 11.3. The Morgan fingerprint density at radius 3 is 2.68 bits per heavy atom. The third kappa shape index (κ3) is 3.08. The van der Waals surface area contributed by atoms with E-state index in [0.717, 1.165) is 38.4 Å². The number of nitrogens with zero attached hydrogens (tertiary/aromatic N) is 1. The van der Waals surface area contributed by atoms with Gasteiger partial charge < -0.3 is 14.2 Å². The van der Waals surface area contributed by atoms with Crippen molar-refractivity contribution in [2.24, 2.45) is 0 Å². The fraction of sp³-hybridized carbons (Fsp3) is 0.160. The highest BCUT2D eigenvalue weighted by molar-refractivity contribution is 6.03. The van der Waals surface area contributed by atoms with Crippen molar-refractivity contribution < 1.29 is 13.6 Å². The van der Waals surface area contributed by atoms with Crippen molar-refractivity contribution in [1.29, 1.82) is 0 Å². The first-order chi connectivity index (χ1) is 14.9. The number of rotatable bonds is 3. The molecule has 5 rings (SSSR count). The fourth-order valence-corrected chi connectivity index (χ4v) is 4.09. The summed E-state index contributed by atoms with van der Waals surface area (Å²) in [6.07, 6.45) is 3.32. The molecule has 0 aliphatic heterocycles. The van der Waals surface area contributed by atoms with Crippen LogP contribution in [0.2, 0.25) is 0 Å². The van der Waals surface area contributed by atoms with E-state index in [4.69, 9.17) is 8.83 Å². The Labute approximate surface area is 177 Å². The van der Waals surface area contributed by atoms with Crippen LogP contribution >= 0.6 is 0 Å². The van der Waals surface area contributed by atoms with Crippen LogP contribution in [-0.2, 0) is 11.2 Å². The van der Waals surface area contributed by atoms with Crippen molar-refractivity contribution in [2.45, 2.75) is 27.2 Å². The Balaban J connectivity index is 1.55. The Bertz CT molecular complexity index is 1550. The number of hydrogen-bond acceptors (Lipinski definition) is 5. The topological polar surface area (TPSA) is 85.3 Å². The second-order valence-electron chi connectivity index (χ2n) is 7.77. The molecule has 5 aromatic rings. The van der Waals surface area contributed by atoms with Crippen LogP contribution in [0.1, 0.15) is 22.3 Å². The molecule has 154 valence electrons. The molecule has 0 fully saturated rings. The highest BCUT2D eigenvalue weighted by Crippen LogP contribution is 2.32. The fourth-order valence-electron chi connectivity index (χ4n) is 4.09. The van der Waals surface area contributed by atoms with Gasteiger partial charge in [-0.05, 0) is 62.2 Å². The molecule has 0 radical (unpaired) electrons.